The van der Waals surface area contributed by atoms with Gasteiger partial charge < -0.3 is 20.0 Å². The molecule has 2 aromatic carbocycles. The number of rotatable bonds is 7. The summed E-state index contributed by atoms with van der Waals surface area (Å²) in [5, 5.41) is 18.2. The molecule has 0 aliphatic carbocycles. The Morgan fingerprint density at radius 1 is 1.07 bits per heavy atom. The van der Waals surface area contributed by atoms with Gasteiger partial charge in [-0.25, -0.2) is 0 Å². The molecular formula is C22H28N2O3. The van der Waals surface area contributed by atoms with Gasteiger partial charge in [0.1, 0.15) is 0 Å². The van der Waals surface area contributed by atoms with Crippen molar-refractivity contribution >= 4 is 11.6 Å². The largest absolute Gasteiger partial charge is 0.395 e. The van der Waals surface area contributed by atoms with E-state index in [0.29, 0.717) is 18.0 Å². The van der Waals surface area contributed by atoms with Crippen LogP contribution < -0.4 is 4.90 Å². The number of likely N-dealkylation sites (tertiary alicyclic amines) is 1. The molecule has 0 radical (unpaired) electrons. The lowest BCUT2D eigenvalue weighted by atomic mass is 9.98. The van der Waals surface area contributed by atoms with E-state index in [9.17, 15) is 4.79 Å². The van der Waals surface area contributed by atoms with Crippen molar-refractivity contribution in [2.24, 2.45) is 5.92 Å². The van der Waals surface area contributed by atoms with Crippen LogP contribution in [0, 0.1) is 5.92 Å². The topological polar surface area (TPSA) is 64.0 Å². The quantitative estimate of drug-likeness (QED) is 0.787. The van der Waals surface area contributed by atoms with Crippen molar-refractivity contribution in [1.29, 1.82) is 0 Å². The maximum atomic E-state index is 12.8. The van der Waals surface area contributed by atoms with Crippen LogP contribution in [0.25, 0.3) is 0 Å². The molecule has 1 aliphatic rings. The summed E-state index contributed by atoms with van der Waals surface area (Å²) in [5.41, 5.74) is 3.88. The van der Waals surface area contributed by atoms with Gasteiger partial charge in [-0.1, -0.05) is 24.3 Å². The minimum absolute atomic E-state index is 0.0700. The monoisotopic (exact) mass is 368 g/mol. The van der Waals surface area contributed by atoms with Gasteiger partial charge in [-0.3, -0.25) is 4.79 Å². The molecule has 2 aromatic rings. The molecule has 27 heavy (non-hydrogen) atoms. The molecule has 1 saturated heterocycles. The van der Waals surface area contributed by atoms with Gasteiger partial charge in [0.25, 0.3) is 5.91 Å². The number of aliphatic hydroxyl groups is 2. The highest BCUT2D eigenvalue weighted by atomic mass is 16.3. The molecule has 1 unspecified atom stereocenters. The lowest BCUT2D eigenvalue weighted by Crippen LogP contribution is -2.29. The molecule has 0 spiro atoms. The second kappa shape index (κ2) is 9.02. The molecule has 1 atom stereocenters. The van der Waals surface area contributed by atoms with E-state index in [1.54, 1.807) is 0 Å². The summed E-state index contributed by atoms with van der Waals surface area (Å²) in [6.45, 7) is 2.33. The zero-order chi connectivity index (χ0) is 19.2. The Morgan fingerprint density at radius 3 is 2.37 bits per heavy atom. The molecule has 1 heterocycles. The molecule has 5 heteroatoms. The second-order valence-electron chi connectivity index (χ2n) is 7.28. The summed E-state index contributed by atoms with van der Waals surface area (Å²) in [4.78, 5) is 16.7. The van der Waals surface area contributed by atoms with E-state index >= 15 is 0 Å². The van der Waals surface area contributed by atoms with Gasteiger partial charge in [0, 0.05) is 37.9 Å². The third kappa shape index (κ3) is 4.87. The summed E-state index contributed by atoms with van der Waals surface area (Å²) >= 11 is 0. The van der Waals surface area contributed by atoms with Gasteiger partial charge in [0.15, 0.2) is 0 Å². The standard InChI is InChI=1S/C22H28N2O3/c1-23(12-13-25)21-8-6-20(7-9-21)22(27)24-11-10-19(15-24)14-17-2-4-18(16-26)5-3-17/h2-9,19,25-26H,10-16H2,1H3. The van der Waals surface area contributed by atoms with Crippen molar-refractivity contribution in [3.8, 4) is 0 Å². The van der Waals surface area contributed by atoms with Crippen LogP contribution in [0.4, 0.5) is 5.69 Å². The minimum atomic E-state index is 0.0700. The highest BCUT2D eigenvalue weighted by Crippen LogP contribution is 2.23. The van der Waals surface area contributed by atoms with Gasteiger partial charge in [0.2, 0.25) is 0 Å². The zero-order valence-corrected chi connectivity index (χ0v) is 15.8. The van der Waals surface area contributed by atoms with Crippen LogP contribution in [-0.4, -0.2) is 54.3 Å². The summed E-state index contributed by atoms with van der Waals surface area (Å²) in [6.07, 6.45) is 1.98. The fourth-order valence-corrected chi connectivity index (χ4v) is 3.62. The molecule has 2 N–H and O–H groups in total. The third-order valence-corrected chi connectivity index (χ3v) is 5.29. The van der Waals surface area contributed by atoms with Crippen LogP contribution in [0.15, 0.2) is 48.5 Å². The van der Waals surface area contributed by atoms with Gasteiger partial charge in [-0.05, 0) is 54.2 Å². The molecule has 3 rings (SSSR count). The Morgan fingerprint density at radius 2 is 1.74 bits per heavy atom. The summed E-state index contributed by atoms with van der Waals surface area (Å²) in [5.74, 6) is 0.563. The number of carbonyl (C=O) groups excluding carboxylic acids is 1. The van der Waals surface area contributed by atoms with Crippen molar-refractivity contribution in [3.05, 3.63) is 65.2 Å². The number of benzene rings is 2. The fourth-order valence-electron chi connectivity index (χ4n) is 3.62. The van der Waals surface area contributed by atoms with Crippen LogP contribution in [0.1, 0.15) is 27.9 Å². The van der Waals surface area contributed by atoms with Crippen LogP contribution in [-0.2, 0) is 13.0 Å². The van der Waals surface area contributed by atoms with Gasteiger partial charge in [-0.2, -0.15) is 0 Å². The number of carbonyl (C=O) groups is 1. The van der Waals surface area contributed by atoms with Crippen molar-refractivity contribution in [2.45, 2.75) is 19.4 Å². The van der Waals surface area contributed by atoms with Crippen molar-refractivity contribution < 1.29 is 15.0 Å². The molecule has 0 bridgehead atoms. The maximum absolute atomic E-state index is 12.8. The number of hydrogen-bond donors (Lipinski definition) is 2. The molecule has 144 valence electrons. The number of likely N-dealkylation sites (N-methyl/N-ethyl adjacent to an activating group) is 1. The van der Waals surface area contributed by atoms with E-state index in [2.05, 4.69) is 12.1 Å². The van der Waals surface area contributed by atoms with E-state index in [0.717, 1.165) is 37.2 Å². The Hall–Kier alpha value is -2.37. The first-order chi connectivity index (χ1) is 13.1. The summed E-state index contributed by atoms with van der Waals surface area (Å²) in [7, 11) is 1.92. The van der Waals surface area contributed by atoms with Crippen LogP contribution in [0.2, 0.25) is 0 Å². The van der Waals surface area contributed by atoms with Gasteiger partial charge >= 0.3 is 0 Å². The average Bonchev–Trinajstić information content (AvgIpc) is 3.17. The van der Waals surface area contributed by atoms with Crippen LogP contribution >= 0.6 is 0 Å². The van der Waals surface area contributed by atoms with E-state index in [1.165, 1.54) is 5.56 Å². The SMILES string of the molecule is CN(CCO)c1ccc(C(=O)N2CCC(Cc3ccc(CO)cc3)C2)cc1. The third-order valence-electron chi connectivity index (χ3n) is 5.29. The van der Waals surface area contributed by atoms with Gasteiger partial charge in [-0.15, -0.1) is 0 Å². The number of anilines is 1. The van der Waals surface area contributed by atoms with E-state index in [-0.39, 0.29) is 19.1 Å². The molecular weight excluding hydrogens is 340 g/mol. The predicted molar refractivity (Wildman–Crippen MR) is 107 cm³/mol. The highest BCUT2D eigenvalue weighted by molar-refractivity contribution is 5.94. The van der Waals surface area contributed by atoms with E-state index in [4.69, 9.17) is 10.2 Å². The van der Waals surface area contributed by atoms with E-state index in [1.807, 2.05) is 53.2 Å². The normalized spacial score (nSPS) is 16.6. The second-order valence-corrected chi connectivity index (χ2v) is 7.28. The first-order valence-corrected chi connectivity index (χ1v) is 9.50. The number of aliphatic hydroxyl groups excluding tert-OH is 2. The first-order valence-electron chi connectivity index (χ1n) is 9.50. The molecule has 1 fully saturated rings. The van der Waals surface area contributed by atoms with Crippen LogP contribution in [0.3, 0.4) is 0 Å². The number of amides is 1. The molecule has 0 aromatic heterocycles. The highest BCUT2D eigenvalue weighted by Gasteiger charge is 2.27. The van der Waals surface area contributed by atoms with Crippen molar-refractivity contribution in [3.63, 3.8) is 0 Å². The summed E-state index contributed by atoms with van der Waals surface area (Å²) in [6, 6.07) is 15.7. The Labute approximate surface area is 160 Å². The molecule has 5 nitrogen and oxygen atoms in total. The van der Waals surface area contributed by atoms with E-state index < -0.39 is 0 Å². The van der Waals surface area contributed by atoms with Crippen molar-refractivity contribution in [1.82, 2.24) is 4.90 Å². The smallest absolute Gasteiger partial charge is 0.253 e. The lowest BCUT2D eigenvalue weighted by Gasteiger charge is -2.20. The number of nitrogens with zero attached hydrogens (tertiary/aromatic N) is 2. The minimum Gasteiger partial charge on any atom is -0.395 e. The predicted octanol–water partition coefficient (Wildman–Crippen LogP) is 2.31. The zero-order valence-electron chi connectivity index (χ0n) is 15.8. The molecule has 1 aliphatic heterocycles. The Balaban J connectivity index is 1.56. The fraction of sp³-hybridized carbons (Fsp3) is 0.409. The lowest BCUT2D eigenvalue weighted by molar-refractivity contribution is 0.0787. The summed E-state index contributed by atoms with van der Waals surface area (Å²) < 4.78 is 0. The van der Waals surface area contributed by atoms with Gasteiger partial charge in [0.05, 0.1) is 13.2 Å². The molecule has 1 amide bonds. The van der Waals surface area contributed by atoms with Crippen molar-refractivity contribution in [2.75, 3.05) is 38.2 Å². The molecule has 0 saturated carbocycles. The first kappa shape index (κ1) is 19.4. The Kier molecular flexibility index (Phi) is 6.48. The Bertz CT molecular complexity index is 743. The van der Waals surface area contributed by atoms with Crippen LogP contribution in [0.5, 0.6) is 0 Å². The maximum Gasteiger partial charge on any atom is 0.253 e. The average molecular weight is 368 g/mol. The number of hydrogen-bond acceptors (Lipinski definition) is 4.